The summed E-state index contributed by atoms with van der Waals surface area (Å²) < 4.78 is 5.80. The molecular weight excluding hydrogens is 378 g/mol. The van der Waals surface area contributed by atoms with Crippen molar-refractivity contribution >= 4 is 11.8 Å². The van der Waals surface area contributed by atoms with Gasteiger partial charge in [-0.1, -0.05) is 24.3 Å². The Balaban J connectivity index is 1.36. The lowest BCUT2D eigenvalue weighted by molar-refractivity contribution is 0.0644. The van der Waals surface area contributed by atoms with Crippen molar-refractivity contribution < 1.29 is 14.3 Å². The van der Waals surface area contributed by atoms with Crippen molar-refractivity contribution in [3.05, 3.63) is 65.2 Å². The van der Waals surface area contributed by atoms with Gasteiger partial charge in [0.2, 0.25) is 0 Å². The number of likely N-dealkylation sites (tertiary alicyclic amines) is 2. The highest BCUT2D eigenvalue weighted by Crippen LogP contribution is 2.23. The number of benzene rings is 2. The van der Waals surface area contributed by atoms with E-state index in [1.807, 2.05) is 29.2 Å². The lowest BCUT2D eigenvalue weighted by Gasteiger charge is -2.36. The van der Waals surface area contributed by atoms with Crippen molar-refractivity contribution in [1.82, 2.24) is 9.80 Å². The fourth-order valence-electron chi connectivity index (χ4n) is 4.47. The van der Waals surface area contributed by atoms with E-state index in [0.29, 0.717) is 22.9 Å². The van der Waals surface area contributed by atoms with E-state index in [2.05, 4.69) is 4.90 Å². The van der Waals surface area contributed by atoms with E-state index in [-0.39, 0.29) is 12.5 Å². The van der Waals surface area contributed by atoms with Crippen molar-refractivity contribution in [2.45, 2.75) is 38.3 Å². The van der Waals surface area contributed by atoms with Crippen LogP contribution in [0.1, 0.15) is 52.0 Å². The third-order valence-corrected chi connectivity index (χ3v) is 6.13. The van der Waals surface area contributed by atoms with Crippen LogP contribution < -0.4 is 10.5 Å². The first-order chi connectivity index (χ1) is 14.6. The molecule has 2 saturated heterocycles. The third-order valence-electron chi connectivity index (χ3n) is 6.13. The summed E-state index contributed by atoms with van der Waals surface area (Å²) in [6.45, 7) is 4.31. The number of carbonyl (C=O) groups excluding carboxylic acids is 2. The maximum absolute atomic E-state index is 13.0. The van der Waals surface area contributed by atoms with Crippen LogP contribution in [0.2, 0.25) is 0 Å². The number of primary amides is 1. The lowest BCUT2D eigenvalue weighted by atomic mass is 10.0. The Morgan fingerprint density at radius 3 is 2.43 bits per heavy atom. The van der Waals surface area contributed by atoms with E-state index in [0.717, 1.165) is 31.5 Å². The Bertz CT molecular complexity index is 900. The van der Waals surface area contributed by atoms with E-state index in [9.17, 15) is 9.59 Å². The molecule has 2 aromatic rings. The zero-order valence-corrected chi connectivity index (χ0v) is 17.3. The van der Waals surface area contributed by atoms with E-state index >= 15 is 0 Å². The van der Waals surface area contributed by atoms with E-state index in [4.69, 9.17) is 10.5 Å². The molecule has 2 heterocycles. The monoisotopic (exact) mass is 407 g/mol. The second-order valence-electron chi connectivity index (χ2n) is 8.12. The van der Waals surface area contributed by atoms with Crippen molar-refractivity contribution in [1.29, 1.82) is 0 Å². The highest BCUT2D eigenvalue weighted by Gasteiger charge is 2.28. The highest BCUT2D eigenvalue weighted by molar-refractivity contribution is 5.95. The molecular formula is C24H29N3O3. The minimum Gasteiger partial charge on any atom is -0.488 e. The average molecular weight is 408 g/mol. The van der Waals surface area contributed by atoms with Gasteiger partial charge in [-0.15, -0.1) is 0 Å². The second kappa shape index (κ2) is 9.30. The Morgan fingerprint density at radius 2 is 1.70 bits per heavy atom. The van der Waals surface area contributed by atoms with Crippen LogP contribution in [0.3, 0.4) is 0 Å². The van der Waals surface area contributed by atoms with Gasteiger partial charge < -0.3 is 20.3 Å². The summed E-state index contributed by atoms with van der Waals surface area (Å²) in [5, 5.41) is 0. The van der Waals surface area contributed by atoms with Gasteiger partial charge in [0.15, 0.2) is 0 Å². The second-order valence-corrected chi connectivity index (χ2v) is 8.12. The van der Waals surface area contributed by atoms with E-state index in [1.54, 1.807) is 24.3 Å². The van der Waals surface area contributed by atoms with Gasteiger partial charge in [-0.2, -0.15) is 0 Å². The van der Waals surface area contributed by atoms with E-state index in [1.165, 1.54) is 25.9 Å². The SMILES string of the molecule is NC(=O)c1ccccc1OCc1cccc(C(=O)N2CCC(N3CCCC3)CC2)c1. The number of para-hydroxylation sites is 1. The topological polar surface area (TPSA) is 75.9 Å². The molecule has 0 saturated carbocycles. The van der Waals surface area contributed by atoms with Gasteiger partial charge in [-0.25, -0.2) is 0 Å². The highest BCUT2D eigenvalue weighted by atomic mass is 16.5. The average Bonchev–Trinajstić information content (AvgIpc) is 3.33. The fourth-order valence-corrected chi connectivity index (χ4v) is 4.47. The lowest BCUT2D eigenvalue weighted by Crippen LogP contribution is -2.45. The van der Waals surface area contributed by atoms with Crippen molar-refractivity contribution in [2.24, 2.45) is 5.73 Å². The van der Waals surface area contributed by atoms with Gasteiger partial charge in [0.1, 0.15) is 12.4 Å². The number of hydrogen-bond donors (Lipinski definition) is 1. The number of nitrogens with zero attached hydrogens (tertiary/aromatic N) is 2. The first-order valence-electron chi connectivity index (χ1n) is 10.8. The minimum absolute atomic E-state index is 0.0780. The molecule has 0 bridgehead atoms. The summed E-state index contributed by atoms with van der Waals surface area (Å²) >= 11 is 0. The molecule has 0 atom stereocenters. The van der Waals surface area contributed by atoms with Gasteiger partial charge in [0.25, 0.3) is 11.8 Å². The van der Waals surface area contributed by atoms with Crippen molar-refractivity contribution in [3.8, 4) is 5.75 Å². The fraction of sp³-hybridized carbons (Fsp3) is 0.417. The van der Waals surface area contributed by atoms with Gasteiger partial charge in [0, 0.05) is 24.7 Å². The van der Waals surface area contributed by atoms with Gasteiger partial charge >= 0.3 is 0 Å². The van der Waals surface area contributed by atoms with Crippen LogP contribution in [0.25, 0.3) is 0 Å². The zero-order valence-electron chi connectivity index (χ0n) is 17.3. The van der Waals surface area contributed by atoms with E-state index < -0.39 is 5.91 Å². The number of piperidine rings is 1. The van der Waals surface area contributed by atoms with Crippen LogP contribution >= 0.6 is 0 Å². The maximum atomic E-state index is 13.0. The summed E-state index contributed by atoms with van der Waals surface area (Å²) in [6, 6.07) is 15.1. The predicted molar refractivity (Wildman–Crippen MR) is 115 cm³/mol. The molecule has 0 aliphatic carbocycles. The molecule has 2 aliphatic rings. The summed E-state index contributed by atoms with van der Waals surface area (Å²) in [6.07, 6.45) is 4.72. The van der Waals surface area contributed by atoms with Crippen LogP contribution in [-0.2, 0) is 6.61 Å². The molecule has 0 aromatic heterocycles. The van der Waals surface area contributed by atoms with Gasteiger partial charge in [-0.05, 0) is 68.6 Å². The molecule has 30 heavy (non-hydrogen) atoms. The minimum atomic E-state index is -0.521. The van der Waals surface area contributed by atoms with Crippen molar-refractivity contribution in [2.75, 3.05) is 26.2 Å². The van der Waals surface area contributed by atoms with Crippen molar-refractivity contribution in [3.63, 3.8) is 0 Å². The van der Waals surface area contributed by atoms with Crippen LogP contribution in [-0.4, -0.2) is 53.8 Å². The molecule has 2 aliphatic heterocycles. The number of ether oxygens (including phenoxy) is 1. The number of nitrogens with two attached hydrogens (primary N) is 1. The third kappa shape index (κ3) is 4.65. The molecule has 2 fully saturated rings. The summed E-state index contributed by atoms with van der Waals surface area (Å²) in [5.74, 6) is 0.00633. The molecule has 2 amide bonds. The zero-order chi connectivity index (χ0) is 20.9. The Labute approximate surface area is 177 Å². The molecule has 6 nitrogen and oxygen atoms in total. The molecule has 6 heteroatoms. The first-order valence-corrected chi connectivity index (χ1v) is 10.8. The Hall–Kier alpha value is -2.86. The number of hydrogen-bond acceptors (Lipinski definition) is 4. The maximum Gasteiger partial charge on any atom is 0.253 e. The Kier molecular flexibility index (Phi) is 6.33. The van der Waals surface area contributed by atoms with Crippen LogP contribution in [0, 0.1) is 0 Å². The molecule has 0 unspecified atom stereocenters. The smallest absolute Gasteiger partial charge is 0.253 e. The van der Waals surface area contributed by atoms with Gasteiger partial charge in [0.05, 0.1) is 5.56 Å². The molecule has 2 N–H and O–H groups in total. The molecule has 158 valence electrons. The molecule has 0 radical (unpaired) electrons. The molecule has 4 rings (SSSR count). The standard InChI is InChI=1S/C24H29N3O3/c25-23(28)21-8-1-2-9-22(21)30-17-18-6-5-7-19(16-18)24(29)27-14-10-20(11-15-27)26-12-3-4-13-26/h1-2,5-9,16,20H,3-4,10-15,17H2,(H2,25,28). The number of rotatable bonds is 6. The first kappa shape index (κ1) is 20.4. The normalized spacial score (nSPS) is 17.8. The predicted octanol–water partition coefficient (Wildman–Crippen LogP) is 3.06. The van der Waals surface area contributed by atoms with Crippen LogP contribution in [0.4, 0.5) is 0 Å². The summed E-state index contributed by atoms with van der Waals surface area (Å²) in [7, 11) is 0. The molecule has 2 aromatic carbocycles. The van der Waals surface area contributed by atoms with Crippen LogP contribution in [0.5, 0.6) is 5.75 Å². The summed E-state index contributed by atoms with van der Waals surface area (Å²) in [4.78, 5) is 29.1. The number of amides is 2. The Morgan fingerprint density at radius 1 is 0.967 bits per heavy atom. The van der Waals surface area contributed by atoms with Crippen LogP contribution in [0.15, 0.2) is 48.5 Å². The summed E-state index contributed by atoms with van der Waals surface area (Å²) in [5.41, 5.74) is 7.32. The molecule has 0 spiro atoms. The van der Waals surface area contributed by atoms with Gasteiger partial charge in [-0.3, -0.25) is 9.59 Å². The quantitative estimate of drug-likeness (QED) is 0.799. The largest absolute Gasteiger partial charge is 0.488 e. The number of carbonyl (C=O) groups is 2.